The predicted molar refractivity (Wildman–Crippen MR) is 135 cm³/mol. The summed E-state index contributed by atoms with van der Waals surface area (Å²) in [6, 6.07) is 8.12. The highest BCUT2D eigenvalue weighted by atomic mass is 35.5. The molecular weight excluding hydrogens is 478 g/mol. The number of nitriles is 2. The Morgan fingerprint density at radius 3 is 2.53 bits per heavy atom. The number of benzene rings is 1. The van der Waals surface area contributed by atoms with Gasteiger partial charge in [0, 0.05) is 19.1 Å². The summed E-state index contributed by atoms with van der Waals surface area (Å²) in [4.78, 5) is 23.1. The summed E-state index contributed by atoms with van der Waals surface area (Å²) in [5.74, 6) is 1.73. The third-order valence-corrected chi connectivity index (χ3v) is 6.94. The number of piperidine rings is 1. The summed E-state index contributed by atoms with van der Waals surface area (Å²) in [6.07, 6.45) is 5.06. The SMILES string of the molecule is C[C](C)C(=O)N1CCC(c2cc(C#N)cc(Nc3nc(NC4CC4)c4ncc(C#N)n4n3)c2Cl)CC1. The molecule has 1 aromatic carbocycles. The number of rotatable bonds is 6. The number of carbonyl (C=O) groups is 1. The van der Waals surface area contributed by atoms with Gasteiger partial charge in [-0.3, -0.25) is 4.79 Å². The van der Waals surface area contributed by atoms with Crippen molar-refractivity contribution in [3.8, 4) is 12.1 Å². The van der Waals surface area contributed by atoms with Crippen LogP contribution in [0.4, 0.5) is 17.5 Å². The summed E-state index contributed by atoms with van der Waals surface area (Å²) in [6.45, 7) is 4.93. The van der Waals surface area contributed by atoms with Crippen LogP contribution in [-0.2, 0) is 4.79 Å². The highest BCUT2D eigenvalue weighted by molar-refractivity contribution is 6.34. The van der Waals surface area contributed by atoms with E-state index in [0.29, 0.717) is 46.9 Å². The monoisotopic (exact) mass is 502 g/mol. The number of anilines is 3. The molecule has 3 aromatic rings. The first-order valence-electron chi connectivity index (χ1n) is 11.9. The van der Waals surface area contributed by atoms with Crippen LogP contribution < -0.4 is 10.6 Å². The van der Waals surface area contributed by atoms with Gasteiger partial charge in [0.2, 0.25) is 11.9 Å². The minimum absolute atomic E-state index is 0.0760. The first kappa shape index (κ1) is 23.8. The smallest absolute Gasteiger partial charge is 0.247 e. The number of hydrogen-bond donors (Lipinski definition) is 2. The maximum Gasteiger partial charge on any atom is 0.247 e. The van der Waals surface area contributed by atoms with Crippen molar-refractivity contribution in [1.29, 1.82) is 10.5 Å². The number of likely N-dealkylation sites (tertiary alicyclic amines) is 1. The van der Waals surface area contributed by atoms with Crippen molar-refractivity contribution < 1.29 is 4.79 Å². The number of carbonyl (C=O) groups excluding carboxylic acids is 1. The Kier molecular flexibility index (Phi) is 6.38. The van der Waals surface area contributed by atoms with Crippen LogP contribution in [0, 0.1) is 28.6 Å². The van der Waals surface area contributed by atoms with Gasteiger partial charge in [-0.2, -0.15) is 20.0 Å². The molecule has 0 spiro atoms. The van der Waals surface area contributed by atoms with Crippen molar-refractivity contribution in [3.05, 3.63) is 46.1 Å². The van der Waals surface area contributed by atoms with Crippen molar-refractivity contribution in [2.24, 2.45) is 0 Å². The van der Waals surface area contributed by atoms with Crippen LogP contribution in [0.2, 0.25) is 5.02 Å². The molecule has 183 valence electrons. The fraction of sp³-hybridized carbons (Fsp3) is 0.400. The van der Waals surface area contributed by atoms with Gasteiger partial charge in [-0.15, -0.1) is 5.10 Å². The Morgan fingerprint density at radius 1 is 1.14 bits per heavy atom. The minimum atomic E-state index is 0.0760. The quantitative estimate of drug-likeness (QED) is 0.513. The van der Waals surface area contributed by atoms with E-state index >= 15 is 0 Å². The third kappa shape index (κ3) is 4.65. The Morgan fingerprint density at radius 2 is 1.89 bits per heavy atom. The van der Waals surface area contributed by atoms with Gasteiger partial charge in [-0.05, 0) is 63.1 Å². The average molecular weight is 503 g/mol. The lowest BCUT2D eigenvalue weighted by Gasteiger charge is -2.33. The minimum Gasteiger partial charge on any atom is -0.364 e. The summed E-state index contributed by atoms with van der Waals surface area (Å²) in [5, 5.41) is 30.6. The third-order valence-electron chi connectivity index (χ3n) is 6.52. The zero-order valence-corrected chi connectivity index (χ0v) is 20.8. The molecule has 1 aliphatic heterocycles. The van der Waals surface area contributed by atoms with Crippen molar-refractivity contribution in [2.75, 3.05) is 23.7 Å². The van der Waals surface area contributed by atoms with Crippen LogP contribution in [0.15, 0.2) is 18.3 Å². The number of halogens is 1. The number of hydrogen-bond acceptors (Lipinski definition) is 8. The van der Waals surface area contributed by atoms with Crippen LogP contribution in [0.5, 0.6) is 0 Å². The first-order chi connectivity index (χ1) is 17.4. The van der Waals surface area contributed by atoms with Gasteiger partial charge < -0.3 is 15.5 Å². The Balaban J connectivity index is 1.46. The standard InChI is InChI=1S/C25H25ClN9O/c1-14(2)24(36)34-7-5-16(6-8-34)19-9-15(11-27)10-20(21(19)26)31-25-32-22(30-17-3-4-17)23-29-13-18(12-28)35(23)33-25/h9-10,13,16-17H,3-8H2,1-2H3,(H2,30,31,32,33). The highest BCUT2D eigenvalue weighted by Gasteiger charge is 2.28. The van der Waals surface area contributed by atoms with E-state index in [1.807, 2.05) is 24.8 Å². The molecule has 2 aliphatic rings. The fourth-order valence-corrected chi connectivity index (χ4v) is 4.77. The van der Waals surface area contributed by atoms with Crippen molar-refractivity contribution in [3.63, 3.8) is 0 Å². The molecule has 11 heteroatoms. The number of aromatic nitrogens is 4. The molecule has 10 nitrogen and oxygen atoms in total. The van der Waals surface area contributed by atoms with E-state index in [1.165, 1.54) is 10.7 Å². The highest BCUT2D eigenvalue weighted by Crippen LogP contribution is 2.39. The van der Waals surface area contributed by atoms with Crippen LogP contribution >= 0.6 is 11.6 Å². The molecule has 1 amide bonds. The van der Waals surface area contributed by atoms with Gasteiger partial charge in [0.05, 0.1) is 34.5 Å². The molecule has 2 aromatic heterocycles. The zero-order chi connectivity index (χ0) is 25.4. The second kappa shape index (κ2) is 9.63. The van der Waals surface area contributed by atoms with Crippen molar-refractivity contribution >= 4 is 40.6 Å². The molecule has 1 saturated carbocycles. The van der Waals surface area contributed by atoms with E-state index < -0.39 is 0 Å². The molecule has 3 heterocycles. The maximum atomic E-state index is 12.3. The molecule has 1 saturated heterocycles. The van der Waals surface area contributed by atoms with E-state index in [9.17, 15) is 15.3 Å². The molecule has 0 bridgehead atoms. The van der Waals surface area contributed by atoms with Gasteiger partial charge >= 0.3 is 0 Å². The Bertz CT molecular complexity index is 1410. The number of imidazole rings is 1. The van der Waals surface area contributed by atoms with Crippen LogP contribution in [0.3, 0.4) is 0 Å². The van der Waals surface area contributed by atoms with Gasteiger partial charge in [-0.25, -0.2) is 4.98 Å². The predicted octanol–water partition coefficient (Wildman–Crippen LogP) is 4.16. The summed E-state index contributed by atoms with van der Waals surface area (Å²) >= 11 is 6.86. The Labute approximate surface area is 213 Å². The Hall–Kier alpha value is -3.89. The van der Waals surface area contributed by atoms with Crippen LogP contribution in [-0.4, -0.2) is 49.5 Å². The molecular formula is C25H25ClN9O. The molecule has 5 rings (SSSR count). The van der Waals surface area contributed by atoms with Crippen molar-refractivity contribution in [2.45, 2.75) is 51.5 Å². The van der Waals surface area contributed by atoms with Gasteiger partial charge in [-0.1, -0.05) is 11.6 Å². The summed E-state index contributed by atoms with van der Waals surface area (Å²) < 4.78 is 1.45. The zero-order valence-electron chi connectivity index (χ0n) is 20.0. The van der Waals surface area contributed by atoms with E-state index in [1.54, 1.807) is 6.07 Å². The number of fused-ring (bicyclic) bond motifs is 1. The van der Waals surface area contributed by atoms with Gasteiger partial charge in [0.1, 0.15) is 6.07 Å². The number of nitrogens with zero attached hydrogens (tertiary/aromatic N) is 7. The van der Waals surface area contributed by atoms with E-state index in [2.05, 4.69) is 37.8 Å². The first-order valence-corrected chi connectivity index (χ1v) is 12.3. The van der Waals surface area contributed by atoms with Gasteiger partial charge in [0.25, 0.3) is 0 Å². The second-order valence-electron chi connectivity index (χ2n) is 9.42. The maximum absolute atomic E-state index is 12.3. The lowest BCUT2D eigenvalue weighted by molar-refractivity contribution is -0.130. The van der Waals surface area contributed by atoms with E-state index in [4.69, 9.17) is 11.6 Å². The fourth-order valence-electron chi connectivity index (χ4n) is 4.46. The lowest BCUT2D eigenvalue weighted by Crippen LogP contribution is -2.39. The number of nitrogens with one attached hydrogen (secondary N) is 2. The van der Waals surface area contributed by atoms with E-state index in [0.717, 1.165) is 37.2 Å². The molecule has 2 fully saturated rings. The van der Waals surface area contributed by atoms with Gasteiger partial charge in [0.15, 0.2) is 17.2 Å². The second-order valence-corrected chi connectivity index (χ2v) is 9.80. The molecule has 1 radical (unpaired) electrons. The molecule has 0 atom stereocenters. The lowest BCUT2D eigenvalue weighted by atomic mass is 9.87. The van der Waals surface area contributed by atoms with Crippen molar-refractivity contribution in [1.82, 2.24) is 24.5 Å². The molecule has 0 unspecified atom stereocenters. The number of amides is 1. The average Bonchev–Trinajstić information content (AvgIpc) is 3.60. The topological polar surface area (TPSA) is 135 Å². The normalized spacial score (nSPS) is 16.1. The summed E-state index contributed by atoms with van der Waals surface area (Å²) in [7, 11) is 0. The molecule has 36 heavy (non-hydrogen) atoms. The largest absolute Gasteiger partial charge is 0.364 e. The molecule has 1 aliphatic carbocycles. The molecule has 2 N–H and O–H groups in total. The van der Waals surface area contributed by atoms with Crippen LogP contribution in [0.1, 0.15) is 62.3 Å². The van der Waals surface area contributed by atoms with E-state index in [-0.39, 0.29) is 23.5 Å². The summed E-state index contributed by atoms with van der Waals surface area (Å²) in [5.41, 5.74) is 2.60. The van der Waals surface area contributed by atoms with Crippen LogP contribution in [0.25, 0.3) is 5.65 Å².